The van der Waals surface area contributed by atoms with E-state index in [1.807, 2.05) is 0 Å². The molecule has 0 aliphatic carbocycles. The SMILES string of the molecule is CCOC(=O)C(C)Oc1cc(C)c([N+](=O)[O-])cc1C. The summed E-state index contributed by atoms with van der Waals surface area (Å²) in [7, 11) is 0. The van der Waals surface area contributed by atoms with E-state index >= 15 is 0 Å². The molecule has 0 radical (unpaired) electrons. The Kier molecular flexibility index (Phi) is 4.86. The van der Waals surface area contributed by atoms with Crippen molar-refractivity contribution >= 4 is 11.7 Å². The summed E-state index contributed by atoms with van der Waals surface area (Å²) in [5.74, 6) is -0.0124. The smallest absolute Gasteiger partial charge is 0.347 e. The van der Waals surface area contributed by atoms with Crippen LogP contribution in [0.2, 0.25) is 0 Å². The first-order chi connectivity index (χ1) is 8.86. The van der Waals surface area contributed by atoms with E-state index in [0.717, 1.165) is 0 Å². The molecule has 0 N–H and O–H groups in total. The maximum absolute atomic E-state index is 11.5. The van der Waals surface area contributed by atoms with Crippen LogP contribution in [-0.4, -0.2) is 23.6 Å². The van der Waals surface area contributed by atoms with Crippen molar-refractivity contribution in [3.8, 4) is 5.75 Å². The van der Waals surface area contributed by atoms with Gasteiger partial charge in [0.1, 0.15) is 5.75 Å². The van der Waals surface area contributed by atoms with Crippen LogP contribution in [-0.2, 0) is 9.53 Å². The van der Waals surface area contributed by atoms with E-state index in [2.05, 4.69) is 0 Å². The van der Waals surface area contributed by atoms with Crippen molar-refractivity contribution < 1.29 is 19.2 Å². The third-order valence-electron chi connectivity index (χ3n) is 2.61. The molecule has 0 saturated heterocycles. The van der Waals surface area contributed by atoms with Crippen molar-refractivity contribution in [1.82, 2.24) is 0 Å². The molecule has 0 bridgehead atoms. The van der Waals surface area contributed by atoms with Gasteiger partial charge in [-0.05, 0) is 39.3 Å². The van der Waals surface area contributed by atoms with Gasteiger partial charge in [-0.3, -0.25) is 10.1 Å². The second-order valence-corrected chi connectivity index (χ2v) is 4.17. The third-order valence-corrected chi connectivity index (χ3v) is 2.61. The minimum Gasteiger partial charge on any atom is -0.479 e. The van der Waals surface area contributed by atoms with E-state index in [4.69, 9.17) is 9.47 Å². The molecule has 0 aromatic heterocycles. The Bertz CT molecular complexity index is 498. The highest BCUT2D eigenvalue weighted by atomic mass is 16.6. The van der Waals surface area contributed by atoms with Gasteiger partial charge in [-0.25, -0.2) is 4.79 Å². The van der Waals surface area contributed by atoms with E-state index in [9.17, 15) is 14.9 Å². The third kappa shape index (κ3) is 3.67. The molecule has 0 fully saturated rings. The van der Waals surface area contributed by atoms with E-state index in [-0.39, 0.29) is 12.3 Å². The molecule has 0 saturated carbocycles. The summed E-state index contributed by atoms with van der Waals surface area (Å²) in [5.41, 5.74) is 1.13. The van der Waals surface area contributed by atoms with Crippen LogP contribution in [0.25, 0.3) is 0 Å². The standard InChI is InChI=1S/C13H17NO5/c1-5-18-13(15)10(4)19-12-7-8(2)11(14(16)17)6-9(12)3/h6-7,10H,5H2,1-4H3. The first kappa shape index (κ1) is 14.9. The first-order valence-corrected chi connectivity index (χ1v) is 5.95. The fourth-order valence-corrected chi connectivity index (χ4v) is 1.60. The summed E-state index contributed by atoms with van der Waals surface area (Å²) in [6.07, 6.45) is -0.750. The van der Waals surface area contributed by atoms with Gasteiger partial charge in [-0.15, -0.1) is 0 Å². The molecule has 1 atom stereocenters. The number of rotatable bonds is 5. The summed E-state index contributed by atoms with van der Waals surface area (Å²) in [5, 5.41) is 10.8. The van der Waals surface area contributed by atoms with Crippen LogP contribution in [0.5, 0.6) is 5.75 Å². The molecule has 0 amide bonds. The molecule has 6 heteroatoms. The topological polar surface area (TPSA) is 78.7 Å². The Morgan fingerprint density at radius 1 is 1.37 bits per heavy atom. The van der Waals surface area contributed by atoms with Gasteiger partial charge in [-0.1, -0.05) is 0 Å². The van der Waals surface area contributed by atoms with Crippen LogP contribution in [0, 0.1) is 24.0 Å². The largest absolute Gasteiger partial charge is 0.479 e. The van der Waals surface area contributed by atoms with Gasteiger partial charge in [-0.2, -0.15) is 0 Å². The number of hydrogen-bond acceptors (Lipinski definition) is 5. The van der Waals surface area contributed by atoms with E-state index in [1.54, 1.807) is 33.8 Å². The second kappa shape index (κ2) is 6.17. The fraction of sp³-hybridized carbons (Fsp3) is 0.462. The fourth-order valence-electron chi connectivity index (χ4n) is 1.60. The molecule has 1 aromatic rings. The van der Waals surface area contributed by atoms with E-state index in [0.29, 0.717) is 16.9 Å². The van der Waals surface area contributed by atoms with Gasteiger partial charge < -0.3 is 9.47 Å². The molecule has 1 rings (SSSR count). The molecule has 0 aliphatic heterocycles. The van der Waals surface area contributed by atoms with Gasteiger partial charge in [0, 0.05) is 11.6 Å². The maximum atomic E-state index is 11.5. The van der Waals surface area contributed by atoms with Crippen LogP contribution >= 0.6 is 0 Å². The quantitative estimate of drug-likeness (QED) is 0.465. The van der Waals surface area contributed by atoms with Crippen LogP contribution in [0.1, 0.15) is 25.0 Å². The summed E-state index contributed by atoms with van der Waals surface area (Å²) in [6, 6.07) is 2.99. The predicted octanol–water partition coefficient (Wildman–Crippen LogP) is 2.54. The summed E-state index contributed by atoms with van der Waals surface area (Å²) in [6.45, 7) is 6.89. The normalized spacial score (nSPS) is 11.8. The molecule has 6 nitrogen and oxygen atoms in total. The lowest BCUT2D eigenvalue weighted by Gasteiger charge is -2.15. The molecule has 1 aromatic carbocycles. The van der Waals surface area contributed by atoms with E-state index < -0.39 is 17.0 Å². The molecular weight excluding hydrogens is 250 g/mol. The lowest BCUT2D eigenvalue weighted by Crippen LogP contribution is -2.26. The van der Waals surface area contributed by atoms with Gasteiger partial charge in [0.2, 0.25) is 0 Å². The summed E-state index contributed by atoms with van der Waals surface area (Å²) in [4.78, 5) is 21.8. The van der Waals surface area contributed by atoms with Gasteiger partial charge in [0.15, 0.2) is 6.10 Å². The number of nitrogens with zero attached hydrogens (tertiary/aromatic N) is 1. The number of ether oxygens (including phenoxy) is 2. The van der Waals surface area contributed by atoms with Crippen molar-refractivity contribution in [3.63, 3.8) is 0 Å². The molecule has 0 spiro atoms. The highest BCUT2D eigenvalue weighted by molar-refractivity contribution is 5.74. The van der Waals surface area contributed by atoms with Gasteiger partial charge >= 0.3 is 5.97 Å². The number of hydrogen-bond donors (Lipinski definition) is 0. The first-order valence-electron chi connectivity index (χ1n) is 5.95. The average molecular weight is 267 g/mol. The molecular formula is C13H17NO5. The second-order valence-electron chi connectivity index (χ2n) is 4.17. The Balaban J connectivity index is 2.94. The molecule has 0 heterocycles. The van der Waals surface area contributed by atoms with Crippen molar-refractivity contribution in [2.75, 3.05) is 6.61 Å². The van der Waals surface area contributed by atoms with Crippen LogP contribution < -0.4 is 4.74 Å². The van der Waals surface area contributed by atoms with Gasteiger partial charge in [0.25, 0.3) is 5.69 Å². The minimum absolute atomic E-state index is 0.0358. The lowest BCUT2D eigenvalue weighted by atomic mass is 10.1. The van der Waals surface area contributed by atoms with Crippen LogP contribution in [0.3, 0.4) is 0 Å². The van der Waals surface area contributed by atoms with Crippen LogP contribution in [0.4, 0.5) is 5.69 Å². The Labute approximate surface area is 111 Å². The summed E-state index contributed by atoms with van der Waals surface area (Å²) >= 11 is 0. The highest BCUT2D eigenvalue weighted by Gasteiger charge is 2.19. The maximum Gasteiger partial charge on any atom is 0.347 e. The Morgan fingerprint density at radius 2 is 2.00 bits per heavy atom. The van der Waals surface area contributed by atoms with E-state index in [1.165, 1.54) is 6.07 Å². The number of carbonyl (C=O) groups excluding carboxylic acids is 1. The van der Waals surface area contributed by atoms with Crippen molar-refractivity contribution in [2.45, 2.75) is 33.8 Å². The number of carbonyl (C=O) groups is 1. The van der Waals surface area contributed by atoms with Crippen molar-refractivity contribution in [2.24, 2.45) is 0 Å². The number of aryl methyl sites for hydroxylation is 2. The van der Waals surface area contributed by atoms with Crippen LogP contribution in [0.15, 0.2) is 12.1 Å². The molecule has 1 unspecified atom stereocenters. The number of nitro benzene ring substituents is 1. The average Bonchev–Trinajstić information content (AvgIpc) is 2.33. The van der Waals surface area contributed by atoms with Crippen molar-refractivity contribution in [3.05, 3.63) is 33.4 Å². The number of nitro groups is 1. The number of benzene rings is 1. The Morgan fingerprint density at radius 3 is 2.53 bits per heavy atom. The zero-order valence-corrected chi connectivity index (χ0v) is 11.4. The Hall–Kier alpha value is -2.11. The minimum atomic E-state index is -0.750. The molecule has 0 aliphatic rings. The highest BCUT2D eigenvalue weighted by Crippen LogP contribution is 2.28. The zero-order valence-electron chi connectivity index (χ0n) is 11.4. The molecule has 104 valence electrons. The number of esters is 1. The zero-order chi connectivity index (χ0) is 14.6. The summed E-state index contributed by atoms with van der Waals surface area (Å²) < 4.78 is 10.3. The lowest BCUT2D eigenvalue weighted by molar-refractivity contribution is -0.385. The molecule has 19 heavy (non-hydrogen) atoms. The predicted molar refractivity (Wildman–Crippen MR) is 69.3 cm³/mol. The monoisotopic (exact) mass is 267 g/mol. The van der Waals surface area contributed by atoms with Gasteiger partial charge in [0.05, 0.1) is 11.5 Å². The van der Waals surface area contributed by atoms with Crippen molar-refractivity contribution in [1.29, 1.82) is 0 Å².